The van der Waals surface area contributed by atoms with E-state index in [1.165, 1.54) is 14.2 Å². The van der Waals surface area contributed by atoms with Crippen LogP contribution in [0.15, 0.2) is 29.2 Å². The fraction of sp³-hybridized carbons (Fsp3) is 0.562. The maximum Gasteiger partial charge on any atom is 0.306 e. The molecule has 0 bridgehead atoms. The normalized spacial score (nSPS) is 32.4. The molecule has 0 aromatic heterocycles. The van der Waals surface area contributed by atoms with Crippen LogP contribution in [0.4, 0.5) is 0 Å². The van der Waals surface area contributed by atoms with Gasteiger partial charge in [0.2, 0.25) is 0 Å². The second-order valence-electron chi connectivity index (χ2n) is 6.09. The first-order valence-electron chi connectivity index (χ1n) is 7.43. The molecule has 4 atom stereocenters. The van der Waals surface area contributed by atoms with Crippen LogP contribution in [-0.2, 0) is 28.8 Å². The van der Waals surface area contributed by atoms with E-state index in [9.17, 15) is 13.2 Å². The Bertz CT molecular complexity index is 711. The minimum absolute atomic E-state index is 0.0450. The van der Waals surface area contributed by atoms with Crippen LogP contribution in [0.1, 0.15) is 18.4 Å². The number of benzene rings is 1. The highest BCUT2D eigenvalue weighted by Crippen LogP contribution is 2.61. The molecule has 0 amide bonds. The lowest BCUT2D eigenvalue weighted by atomic mass is 9.99. The number of hydrogen-bond acceptors (Lipinski definition) is 6. The average Bonchev–Trinajstić information content (AvgIpc) is 3.19. The van der Waals surface area contributed by atoms with Crippen LogP contribution < -0.4 is 0 Å². The summed E-state index contributed by atoms with van der Waals surface area (Å²) < 4.78 is 40.9. The number of esters is 1. The van der Waals surface area contributed by atoms with Crippen molar-refractivity contribution in [1.29, 1.82) is 0 Å². The van der Waals surface area contributed by atoms with E-state index in [0.717, 1.165) is 5.56 Å². The lowest BCUT2D eigenvalue weighted by Gasteiger charge is -2.25. The number of hydrogen-bond donors (Lipinski definition) is 0. The Morgan fingerprint density at radius 1 is 1.30 bits per heavy atom. The predicted molar refractivity (Wildman–Crippen MR) is 81.5 cm³/mol. The maximum absolute atomic E-state index is 13.2. The number of sulfone groups is 1. The van der Waals surface area contributed by atoms with Gasteiger partial charge in [0.05, 0.1) is 24.5 Å². The van der Waals surface area contributed by atoms with Crippen LogP contribution in [0.3, 0.4) is 0 Å². The standard InChI is InChI=1S/C16H20O6S/c1-10-4-6-11(7-5-10)23(18,19)16-9-13(16)22-15(21-3)12(16)8-14(17)20-2/h4-7,12-13,15H,8-9H2,1-3H3/t12-,13+,15+,16-/m0/s1. The Labute approximate surface area is 135 Å². The molecule has 0 spiro atoms. The number of fused-ring (bicyclic) bond motifs is 1. The number of aryl methyl sites for hydroxylation is 1. The van der Waals surface area contributed by atoms with Gasteiger partial charge >= 0.3 is 5.97 Å². The van der Waals surface area contributed by atoms with Gasteiger partial charge in [-0.3, -0.25) is 4.79 Å². The summed E-state index contributed by atoms with van der Waals surface area (Å²) in [4.78, 5) is 12.0. The zero-order valence-corrected chi connectivity index (χ0v) is 14.1. The van der Waals surface area contributed by atoms with Crippen LogP contribution in [0.5, 0.6) is 0 Å². The third-order valence-electron chi connectivity index (χ3n) is 4.82. The summed E-state index contributed by atoms with van der Waals surface area (Å²) in [5.41, 5.74) is 0.984. The van der Waals surface area contributed by atoms with Gasteiger partial charge in [-0.15, -0.1) is 0 Å². The van der Waals surface area contributed by atoms with Crippen molar-refractivity contribution in [2.75, 3.05) is 14.2 Å². The molecule has 2 aliphatic rings. The number of carbonyl (C=O) groups is 1. The summed E-state index contributed by atoms with van der Waals surface area (Å²) in [5, 5.41) is 0. The molecule has 1 aromatic rings. The van der Waals surface area contributed by atoms with Gasteiger partial charge in [-0.05, 0) is 25.5 Å². The summed E-state index contributed by atoms with van der Waals surface area (Å²) in [6.07, 6.45) is -0.817. The first kappa shape index (κ1) is 16.4. The molecule has 1 saturated carbocycles. The molecule has 1 heterocycles. The van der Waals surface area contributed by atoms with Crippen molar-refractivity contribution in [3.63, 3.8) is 0 Å². The molecule has 0 N–H and O–H groups in total. The summed E-state index contributed by atoms with van der Waals surface area (Å²) in [6, 6.07) is 6.73. The fourth-order valence-electron chi connectivity index (χ4n) is 3.44. The van der Waals surface area contributed by atoms with Crippen LogP contribution in [0.2, 0.25) is 0 Å². The molecule has 2 fully saturated rings. The van der Waals surface area contributed by atoms with Gasteiger partial charge in [0.25, 0.3) is 0 Å². The molecule has 0 radical (unpaired) electrons. The Kier molecular flexibility index (Phi) is 3.98. The van der Waals surface area contributed by atoms with Crippen molar-refractivity contribution in [3.05, 3.63) is 29.8 Å². The van der Waals surface area contributed by atoms with Gasteiger partial charge in [0.1, 0.15) is 4.75 Å². The van der Waals surface area contributed by atoms with Crippen molar-refractivity contribution in [3.8, 4) is 0 Å². The first-order chi connectivity index (χ1) is 10.9. The van der Waals surface area contributed by atoms with Gasteiger partial charge in [-0.25, -0.2) is 8.42 Å². The molecule has 1 aliphatic heterocycles. The lowest BCUT2D eigenvalue weighted by Crippen LogP contribution is -2.38. The highest BCUT2D eigenvalue weighted by atomic mass is 32.2. The predicted octanol–water partition coefficient (Wildman–Crippen LogP) is 1.46. The van der Waals surface area contributed by atoms with Gasteiger partial charge in [-0.1, -0.05) is 17.7 Å². The molecule has 1 aromatic carbocycles. The van der Waals surface area contributed by atoms with Crippen molar-refractivity contribution in [2.24, 2.45) is 5.92 Å². The third-order valence-corrected chi connectivity index (χ3v) is 7.45. The second kappa shape index (κ2) is 5.58. The topological polar surface area (TPSA) is 78.9 Å². The van der Waals surface area contributed by atoms with E-state index in [0.29, 0.717) is 6.42 Å². The van der Waals surface area contributed by atoms with Crippen molar-refractivity contribution >= 4 is 15.8 Å². The lowest BCUT2D eigenvalue weighted by molar-refractivity contribution is -0.153. The fourth-order valence-corrected chi connectivity index (χ4v) is 5.74. The van der Waals surface area contributed by atoms with Crippen molar-refractivity contribution in [2.45, 2.75) is 41.8 Å². The Hall–Kier alpha value is -1.44. The SMILES string of the molecule is COC(=O)C[C@H]1[C@H](OC)O[C@@H]2C[C@@]21S(=O)(=O)c1ccc(C)cc1. The monoisotopic (exact) mass is 340 g/mol. The van der Waals surface area contributed by atoms with Crippen molar-refractivity contribution in [1.82, 2.24) is 0 Å². The third kappa shape index (κ3) is 2.38. The molecular weight excluding hydrogens is 320 g/mol. The summed E-state index contributed by atoms with van der Waals surface area (Å²) >= 11 is 0. The molecular formula is C16H20O6S. The van der Waals surface area contributed by atoms with E-state index in [2.05, 4.69) is 0 Å². The van der Waals surface area contributed by atoms with E-state index < -0.39 is 38.9 Å². The minimum Gasteiger partial charge on any atom is -0.469 e. The molecule has 1 aliphatic carbocycles. The van der Waals surface area contributed by atoms with Gasteiger partial charge in [0.15, 0.2) is 16.1 Å². The zero-order valence-electron chi connectivity index (χ0n) is 13.3. The van der Waals surface area contributed by atoms with Crippen LogP contribution >= 0.6 is 0 Å². The van der Waals surface area contributed by atoms with E-state index in [4.69, 9.17) is 14.2 Å². The summed E-state index contributed by atoms with van der Waals surface area (Å²) in [7, 11) is -0.906. The van der Waals surface area contributed by atoms with Gasteiger partial charge in [-0.2, -0.15) is 0 Å². The average molecular weight is 340 g/mol. The maximum atomic E-state index is 13.2. The smallest absolute Gasteiger partial charge is 0.306 e. The van der Waals surface area contributed by atoms with E-state index in [-0.39, 0.29) is 11.3 Å². The first-order valence-corrected chi connectivity index (χ1v) is 8.91. The number of carbonyl (C=O) groups excluding carboxylic acids is 1. The van der Waals surface area contributed by atoms with E-state index in [1.807, 2.05) is 6.92 Å². The van der Waals surface area contributed by atoms with Crippen molar-refractivity contribution < 1.29 is 27.4 Å². The largest absolute Gasteiger partial charge is 0.469 e. The quantitative estimate of drug-likeness (QED) is 0.755. The number of methoxy groups -OCH3 is 2. The van der Waals surface area contributed by atoms with E-state index in [1.54, 1.807) is 24.3 Å². The Morgan fingerprint density at radius 3 is 2.52 bits per heavy atom. The second-order valence-corrected chi connectivity index (χ2v) is 8.33. The Balaban J connectivity index is 1.99. The molecule has 6 nitrogen and oxygen atoms in total. The summed E-state index contributed by atoms with van der Waals surface area (Å²) in [6.45, 7) is 1.90. The van der Waals surface area contributed by atoms with Crippen LogP contribution in [0, 0.1) is 12.8 Å². The highest BCUT2D eigenvalue weighted by molar-refractivity contribution is 7.93. The van der Waals surface area contributed by atoms with Crippen LogP contribution in [-0.4, -0.2) is 45.7 Å². The Morgan fingerprint density at radius 2 is 1.96 bits per heavy atom. The van der Waals surface area contributed by atoms with Gasteiger partial charge in [0, 0.05) is 13.0 Å². The zero-order chi connectivity index (χ0) is 16.8. The minimum atomic E-state index is -3.64. The molecule has 0 unspecified atom stereocenters. The van der Waals surface area contributed by atoms with Gasteiger partial charge < -0.3 is 14.2 Å². The van der Waals surface area contributed by atoms with Crippen LogP contribution in [0.25, 0.3) is 0 Å². The summed E-state index contributed by atoms with van der Waals surface area (Å²) in [5.74, 6) is -1.04. The molecule has 3 rings (SSSR count). The molecule has 1 saturated heterocycles. The van der Waals surface area contributed by atoms with E-state index >= 15 is 0 Å². The highest BCUT2D eigenvalue weighted by Gasteiger charge is 2.76. The number of ether oxygens (including phenoxy) is 3. The number of rotatable bonds is 5. The molecule has 23 heavy (non-hydrogen) atoms. The molecule has 7 heteroatoms. The molecule has 126 valence electrons.